The van der Waals surface area contributed by atoms with Crippen LogP contribution in [0, 0.1) is 0 Å². The third-order valence-corrected chi connectivity index (χ3v) is 4.36. The van der Waals surface area contributed by atoms with Gasteiger partial charge in [0.15, 0.2) is 0 Å². The monoisotopic (exact) mass is 353 g/mol. The molecule has 1 saturated heterocycles. The summed E-state index contributed by atoms with van der Waals surface area (Å²) in [6.45, 7) is 1.64. The molecule has 0 unspecified atom stereocenters. The third-order valence-electron chi connectivity index (χ3n) is 4.36. The van der Waals surface area contributed by atoms with Gasteiger partial charge in [-0.1, -0.05) is 24.3 Å². The normalized spacial score (nSPS) is 13.6. The number of benzene rings is 2. The molecule has 26 heavy (non-hydrogen) atoms. The molecule has 136 valence electrons. The SMILES string of the molecule is COc1cccc(CNC(=O)NCc2ccc(N3CCCC3=O)cc2)c1. The van der Waals surface area contributed by atoms with Gasteiger partial charge in [-0.05, 0) is 41.8 Å². The number of methoxy groups -OCH3 is 1. The summed E-state index contributed by atoms with van der Waals surface area (Å²) < 4.78 is 5.17. The van der Waals surface area contributed by atoms with Crippen molar-refractivity contribution in [3.05, 3.63) is 59.7 Å². The van der Waals surface area contributed by atoms with Gasteiger partial charge in [0.25, 0.3) is 0 Å². The number of amides is 3. The van der Waals surface area contributed by atoms with E-state index in [1.54, 1.807) is 12.0 Å². The Morgan fingerprint density at radius 1 is 1.08 bits per heavy atom. The van der Waals surface area contributed by atoms with Crippen molar-refractivity contribution in [2.45, 2.75) is 25.9 Å². The van der Waals surface area contributed by atoms with Gasteiger partial charge < -0.3 is 20.3 Å². The van der Waals surface area contributed by atoms with Gasteiger partial charge in [0.05, 0.1) is 7.11 Å². The number of anilines is 1. The molecule has 3 rings (SSSR count). The molecular formula is C20H23N3O3. The Morgan fingerprint density at radius 3 is 2.46 bits per heavy atom. The Morgan fingerprint density at radius 2 is 1.81 bits per heavy atom. The molecule has 0 saturated carbocycles. The van der Waals surface area contributed by atoms with Crippen LogP contribution in [-0.2, 0) is 17.9 Å². The maximum atomic E-state index is 12.0. The van der Waals surface area contributed by atoms with Crippen LogP contribution in [0.1, 0.15) is 24.0 Å². The fourth-order valence-electron chi connectivity index (χ4n) is 2.92. The minimum Gasteiger partial charge on any atom is -0.497 e. The third kappa shape index (κ3) is 4.53. The Bertz CT molecular complexity index is 774. The topological polar surface area (TPSA) is 70.7 Å². The molecule has 6 nitrogen and oxygen atoms in total. The number of urea groups is 1. The predicted octanol–water partition coefficient (Wildman–Crippen LogP) is 2.82. The van der Waals surface area contributed by atoms with E-state index in [1.165, 1.54) is 0 Å². The van der Waals surface area contributed by atoms with Gasteiger partial charge in [0.1, 0.15) is 5.75 Å². The van der Waals surface area contributed by atoms with E-state index < -0.39 is 0 Å². The molecule has 2 aromatic carbocycles. The first-order chi connectivity index (χ1) is 12.7. The zero-order valence-corrected chi connectivity index (χ0v) is 14.8. The fraction of sp³-hybridized carbons (Fsp3) is 0.300. The average molecular weight is 353 g/mol. The summed E-state index contributed by atoms with van der Waals surface area (Å²) >= 11 is 0. The second-order valence-corrected chi connectivity index (χ2v) is 6.20. The van der Waals surface area contributed by atoms with E-state index >= 15 is 0 Å². The summed E-state index contributed by atoms with van der Waals surface area (Å²) in [5, 5.41) is 5.66. The summed E-state index contributed by atoms with van der Waals surface area (Å²) in [5.74, 6) is 0.939. The number of hydrogen-bond donors (Lipinski definition) is 2. The van der Waals surface area contributed by atoms with Gasteiger partial charge in [0.2, 0.25) is 5.91 Å². The first-order valence-corrected chi connectivity index (χ1v) is 8.69. The van der Waals surface area contributed by atoms with Crippen LogP contribution in [0.4, 0.5) is 10.5 Å². The maximum absolute atomic E-state index is 12.0. The van der Waals surface area contributed by atoms with Gasteiger partial charge in [-0.2, -0.15) is 0 Å². The van der Waals surface area contributed by atoms with Crippen LogP contribution >= 0.6 is 0 Å². The molecule has 0 spiro atoms. The Kier molecular flexibility index (Phi) is 5.73. The predicted molar refractivity (Wildman–Crippen MR) is 100 cm³/mol. The van der Waals surface area contributed by atoms with Crippen molar-refractivity contribution in [1.82, 2.24) is 10.6 Å². The zero-order valence-electron chi connectivity index (χ0n) is 14.8. The first kappa shape index (κ1) is 17.8. The lowest BCUT2D eigenvalue weighted by atomic mass is 10.2. The van der Waals surface area contributed by atoms with Crippen LogP contribution in [0.3, 0.4) is 0 Å². The number of hydrogen-bond acceptors (Lipinski definition) is 3. The number of rotatable bonds is 6. The first-order valence-electron chi connectivity index (χ1n) is 8.69. The quantitative estimate of drug-likeness (QED) is 0.839. The van der Waals surface area contributed by atoms with Crippen molar-refractivity contribution in [1.29, 1.82) is 0 Å². The Hall–Kier alpha value is -3.02. The summed E-state index contributed by atoms with van der Waals surface area (Å²) in [7, 11) is 1.62. The van der Waals surface area contributed by atoms with Crippen LogP contribution in [0.15, 0.2) is 48.5 Å². The maximum Gasteiger partial charge on any atom is 0.315 e. The fourth-order valence-corrected chi connectivity index (χ4v) is 2.92. The average Bonchev–Trinajstić information content (AvgIpc) is 3.11. The smallest absolute Gasteiger partial charge is 0.315 e. The highest BCUT2D eigenvalue weighted by molar-refractivity contribution is 5.95. The lowest BCUT2D eigenvalue weighted by molar-refractivity contribution is -0.117. The van der Waals surface area contributed by atoms with Crippen molar-refractivity contribution < 1.29 is 14.3 Å². The van der Waals surface area contributed by atoms with Crippen molar-refractivity contribution in [2.24, 2.45) is 0 Å². The summed E-state index contributed by atoms with van der Waals surface area (Å²) in [4.78, 5) is 25.5. The van der Waals surface area contributed by atoms with Gasteiger partial charge >= 0.3 is 6.03 Å². The van der Waals surface area contributed by atoms with Crippen molar-refractivity contribution in [3.8, 4) is 5.75 Å². The van der Waals surface area contributed by atoms with Crippen LogP contribution in [0.5, 0.6) is 5.75 Å². The molecule has 3 amide bonds. The molecule has 1 fully saturated rings. The zero-order chi connectivity index (χ0) is 18.4. The van der Waals surface area contributed by atoms with Gasteiger partial charge in [-0.3, -0.25) is 4.79 Å². The second kappa shape index (κ2) is 8.38. The molecule has 1 heterocycles. The second-order valence-electron chi connectivity index (χ2n) is 6.20. The lowest BCUT2D eigenvalue weighted by Gasteiger charge is -2.16. The van der Waals surface area contributed by atoms with Crippen LogP contribution in [0.2, 0.25) is 0 Å². The molecule has 0 aliphatic carbocycles. The summed E-state index contributed by atoms with van der Waals surface area (Å²) in [6.07, 6.45) is 1.53. The Labute approximate surface area is 153 Å². The number of nitrogens with zero attached hydrogens (tertiary/aromatic N) is 1. The van der Waals surface area contributed by atoms with Gasteiger partial charge in [-0.15, -0.1) is 0 Å². The molecule has 1 aliphatic heterocycles. The van der Waals surface area contributed by atoms with E-state index in [0.29, 0.717) is 19.5 Å². The summed E-state index contributed by atoms with van der Waals surface area (Å²) in [5.41, 5.74) is 2.87. The lowest BCUT2D eigenvalue weighted by Crippen LogP contribution is -2.34. The molecule has 0 bridgehead atoms. The molecule has 0 radical (unpaired) electrons. The van der Waals surface area contributed by atoms with E-state index in [4.69, 9.17) is 4.74 Å². The highest BCUT2D eigenvalue weighted by Gasteiger charge is 2.21. The molecule has 1 aliphatic rings. The molecule has 0 atom stereocenters. The molecule has 6 heteroatoms. The largest absolute Gasteiger partial charge is 0.497 e. The molecule has 2 aromatic rings. The molecule has 0 aromatic heterocycles. The number of ether oxygens (including phenoxy) is 1. The van der Waals surface area contributed by atoms with Crippen LogP contribution < -0.4 is 20.3 Å². The van der Waals surface area contributed by atoms with E-state index in [0.717, 1.165) is 35.5 Å². The van der Waals surface area contributed by atoms with Gasteiger partial charge in [-0.25, -0.2) is 4.79 Å². The van der Waals surface area contributed by atoms with E-state index in [-0.39, 0.29) is 11.9 Å². The highest BCUT2D eigenvalue weighted by atomic mass is 16.5. The van der Waals surface area contributed by atoms with Gasteiger partial charge in [0, 0.05) is 31.7 Å². The minimum atomic E-state index is -0.230. The summed E-state index contributed by atoms with van der Waals surface area (Å²) in [6, 6.07) is 15.1. The Balaban J connectivity index is 1.46. The van der Waals surface area contributed by atoms with Crippen LogP contribution in [-0.4, -0.2) is 25.6 Å². The van der Waals surface area contributed by atoms with Crippen molar-refractivity contribution >= 4 is 17.6 Å². The van der Waals surface area contributed by atoms with E-state index in [1.807, 2.05) is 48.5 Å². The number of carbonyl (C=O) groups excluding carboxylic acids is 2. The standard InChI is InChI=1S/C20H23N3O3/c1-26-18-5-2-4-16(12-18)14-22-20(25)21-13-15-7-9-17(10-8-15)23-11-3-6-19(23)24/h2,4-5,7-10,12H,3,6,11,13-14H2,1H3,(H2,21,22,25). The highest BCUT2D eigenvalue weighted by Crippen LogP contribution is 2.21. The van der Waals surface area contributed by atoms with E-state index in [9.17, 15) is 9.59 Å². The number of carbonyl (C=O) groups is 2. The van der Waals surface area contributed by atoms with Crippen molar-refractivity contribution in [3.63, 3.8) is 0 Å². The van der Waals surface area contributed by atoms with E-state index in [2.05, 4.69) is 10.6 Å². The van der Waals surface area contributed by atoms with Crippen LogP contribution in [0.25, 0.3) is 0 Å². The minimum absolute atomic E-state index is 0.174. The number of nitrogens with one attached hydrogen (secondary N) is 2. The van der Waals surface area contributed by atoms with Crippen molar-refractivity contribution in [2.75, 3.05) is 18.6 Å². The molecular weight excluding hydrogens is 330 g/mol. The molecule has 2 N–H and O–H groups in total.